The van der Waals surface area contributed by atoms with Crippen LogP contribution < -0.4 is 33.0 Å². The highest BCUT2D eigenvalue weighted by atomic mass is 35.5. The first-order chi connectivity index (χ1) is 25.4. The van der Waals surface area contributed by atoms with Crippen molar-refractivity contribution in [1.82, 2.24) is 15.3 Å². The van der Waals surface area contributed by atoms with Crippen molar-refractivity contribution in [2.45, 2.75) is 49.6 Å². The maximum atomic E-state index is 12.8. The molecule has 0 radical (unpaired) electrons. The van der Waals surface area contributed by atoms with Gasteiger partial charge in [0, 0.05) is 33.8 Å². The second kappa shape index (κ2) is 19.4. The molecule has 0 aliphatic heterocycles. The fraction of sp³-hybridized carbons (Fsp3) is 0.306. The zero-order chi connectivity index (χ0) is 38.5. The van der Waals surface area contributed by atoms with Crippen LogP contribution in [0.4, 0.5) is 5.82 Å². The molecule has 0 saturated heterocycles. The predicted molar refractivity (Wildman–Crippen MR) is 207 cm³/mol. The summed E-state index contributed by atoms with van der Waals surface area (Å²) in [5.41, 5.74) is 25.8. The summed E-state index contributed by atoms with van der Waals surface area (Å²) < 4.78 is 11.2. The van der Waals surface area contributed by atoms with E-state index in [0.717, 1.165) is 16.3 Å². The molecule has 17 heteroatoms. The van der Waals surface area contributed by atoms with Gasteiger partial charge in [0.1, 0.15) is 58.6 Å². The molecule has 9 N–H and O–H groups in total. The Labute approximate surface area is 320 Å². The molecule has 0 aliphatic carbocycles. The van der Waals surface area contributed by atoms with E-state index in [1.54, 1.807) is 50.2 Å². The lowest BCUT2D eigenvalue weighted by atomic mass is 9.97. The Morgan fingerprint density at radius 2 is 1.70 bits per heavy atom. The molecule has 1 amide bonds. The minimum Gasteiger partial charge on any atom is -0.490 e. The summed E-state index contributed by atoms with van der Waals surface area (Å²) in [7, 11) is 0. The number of anilines is 1. The number of amides is 1. The number of thiazole rings is 1. The molecule has 0 aliphatic rings. The van der Waals surface area contributed by atoms with Crippen LogP contribution in [0, 0.1) is 28.6 Å². The number of pyridine rings is 1. The largest absolute Gasteiger partial charge is 0.490 e. The van der Waals surface area contributed by atoms with Crippen molar-refractivity contribution in [3.05, 3.63) is 75.8 Å². The highest BCUT2D eigenvalue weighted by Crippen LogP contribution is 2.37. The number of hydrogen-bond acceptors (Lipinski definition) is 13. The van der Waals surface area contributed by atoms with Gasteiger partial charge in [0.2, 0.25) is 5.91 Å². The lowest BCUT2D eigenvalue weighted by Gasteiger charge is -2.22. The van der Waals surface area contributed by atoms with E-state index < -0.39 is 24.0 Å². The number of nitrogens with zero attached hydrogens (tertiary/aromatic N) is 5. The van der Waals surface area contributed by atoms with Gasteiger partial charge in [-0.1, -0.05) is 61.5 Å². The quantitative estimate of drug-likeness (QED) is 0.0324. The molecule has 53 heavy (non-hydrogen) atoms. The van der Waals surface area contributed by atoms with Gasteiger partial charge in [0.25, 0.3) is 0 Å². The summed E-state index contributed by atoms with van der Waals surface area (Å²) in [6.07, 6.45) is 0.832. The maximum Gasteiger partial charge on any atom is 0.329 e. The number of nitrogens with two attached hydrogens (primary N) is 4. The van der Waals surface area contributed by atoms with Crippen LogP contribution in [-0.4, -0.2) is 59.6 Å². The molecule has 0 spiro atoms. The molecule has 2 aromatic heterocycles. The van der Waals surface area contributed by atoms with E-state index in [1.165, 1.54) is 23.1 Å². The highest BCUT2D eigenvalue weighted by molar-refractivity contribution is 7.98. The van der Waals surface area contributed by atoms with Crippen LogP contribution in [0.2, 0.25) is 5.02 Å². The Balaban J connectivity index is 1.36. The van der Waals surface area contributed by atoms with Crippen LogP contribution in [0.15, 0.2) is 63.9 Å². The first kappa shape index (κ1) is 40.4. The number of aromatic nitrogens is 2. The van der Waals surface area contributed by atoms with Gasteiger partial charge in [0.15, 0.2) is 5.96 Å². The number of rotatable bonds is 17. The van der Waals surface area contributed by atoms with Crippen molar-refractivity contribution in [2.24, 2.45) is 28.1 Å². The Bertz CT molecular complexity index is 2000. The van der Waals surface area contributed by atoms with E-state index in [0.29, 0.717) is 52.1 Å². The average molecular weight is 775 g/mol. The Morgan fingerprint density at radius 1 is 1.02 bits per heavy atom. The van der Waals surface area contributed by atoms with Gasteiger partial charge in [-0.25, -0.2) is 14.8 Å². The number of hydrogen-bond donors (Lipinski definition) is 5. The lowest BCUT2D eigenvalue weighted by molar-refractivity contribution is -0.150. The van der Waals surface area contributed by atoms with Gasteiger partial charge in [-0.15, -0.1) is 11.3 Å². The number of thioether (sulfide) groups is 1. The second-order valence-corrected chi connectivity index (χ2v) is 14.2. The molecule has 0 fully saturated rings. The summed E-state index contributed by atoms with van der Waals surface area (Å²) in [6, 6.07) is 16.7. The molecule has 276 valence electrons. The first-order valence-corrected chi connectivity index (χ1v) is 18.6. The molecule has 0 saturated carbocycles. The van der Waals surface area contributed by atoms with E-state index in [9.17, 15) is 20.1 Å². The summed E-state index contributed by atoms with van der Waals surface area (Å²) in [5, 5.41) is 26.6. The van der Waals surface area contributed by atoms with Crippen LogP contribution >= 0.6 is 34.7 Å². The number of nitrogen functional groups attached to an aromatic ring is 1. The van der Waals surface area contributed by atoms with Gasteiger partial charge in [-0.05, 0) is 48.6 Å². The van der Waals surface area contributed by atoms with Crippen LogP contribution in [0.1, 0.15) is 43.5 Å². The molecule has 4 aromatic rings. The van der Waals surface area contributed by atoms with E-state index in [2.05, 4.69) is 27.4 Å². The van der Waals surface area contributed by atoms with Gasteiger partial charge in [-0.2, -0.15) is 10.5 Å². The maximum absolute atomic E-state index is 12.8. The zero-order valence-corrected chi connectivity index (χ0v) is 31.4. The standard InChI is InChI=1S/C36H39ClN10O4S2/c1-20(2)30(46-32(48)28(40)4-3-13-44-36(42)43)35(49)51-15-14-50-25-11-7-21(8-12-25)29-26(16-38)31(41)47-34(27(29)17-39)53-19-24-18-52-33(45-24)22-5-9-23(37)10-6-22/h5-12,18,20,28,30H,3-4,13-15,19,40H2,1-2H3,(H2,41,47)(H,46,48)(H4,42,43,44)/t28-,30-/m0/s1. The second-order valence-electron chi connectivity index (χ2n) is 11.9. The Morgan fingerprint density at radius 3 is 2.34 bits per heavy atom. The summed E-state index contributed by atoms with van der Waals surface area (Å²) in [4.78, 5) is 38.4. The van der Waals surface area contributed by atoms with Gasteiger partial charge < -0.3 is 37.7 Å². The zero-order valence-electron chi connectivity index (χ0n) is 29.0. The van der Waals surface area contributed by atoms with Gasteiger partial charge in [-0.3, -0.25) is 9.79 Å². The minimum absolute atomic E-state index is 0.00648. The monoisotopic (exact) mass is 774 g/mol. The van der Waals surface area contributed by atoms with E-state index in [-0.39, 0.29) is 42.0 Å². The fourth-order valence-electron chi connectivity index (χ4n) is 4.95. The smallest absolute Gasteiger partial charge is 0.329 e. The number of halogens is 1. The van der Waals surface area contributed by atoms with Crippen molar-refractivity contribution in [2.75, 3.05) is 25.5 Å². The molecule has 0 unspecified atom stereocenters. The van der Waals surface area contributed by atoms with Gasteiger partial charge in [0.05, 0.1) is 17.3 Å². The van der Waals surface area contributed by atoms with E-state index >= 15 is 0 Å². The molecule has 0 bridgehead atoms. The Kier molecular flexibility index (Phi) is 14.8. The third-order valence-corrected chi connectivity index (χ3v) is 9.88. The van der Waals surface area contributed by atoms with Crippen LogP contribution in [0.25, 0.3) is 21.7 Å². The van der Waals surface area contributed by atoms with E-state index in [4.69, 9.17) is 49.0 Å². The third kappa shape index (κ3) is 11.3. The molecule has 2 aromatic carbocycles. The number of carbonyl (C=O) groups is 2. The lowest BCUT2D eigenvalue weighted by Crippen LogP contribution is -2.51. The van der Waals surface area contributed by atoms with Crippen molar-refractivity contribution in [3.63, 3.8) is 0 Å². The molecular weight excluding hydrogens is 736 g/mol. The van der Waals surface area contributed by atoms with Crippen LogP contribution in [0.5, 0.6) is 5.75 Å². The highest BCUT2D eigenvalue weighted by Gasteiger charge is 2.28. The normalized spacial score (nSPS) is 11.9. The molecule has 14 nitrogen and oxygen atoms in total. The Hall–Kier alpha value is -5.39. The summed E-state index contributed by atoms with van der Waals surface area (Å²) >= 11 is 8.81. The number of esters is 1. The number of nitriles is 2. The number of aliphatic imine (C=N–C) groups is 1. The van der Waals surface area contributed by atoms with Crippen LogP contribution in [-0.2, 0) is 20.1 Å². The topological polar surface area (TPSA) is 254 Å². The predicted octanol–water partition coefficient (Wildman–Crippen LogP) is 4.59. The number of nitrogens with one attached hydrogen (secondary N) is 1. The van der Waals surface area contributed by atoms with Crippen molar-refractivity contribution >= 4 is 58.4 Å². The minimum atomic E-state index is -0.904. The average Bonchev–Trinajstić information content (AvgIpc) is 3.62. The first-order valence-electron chi connectivity index (χ1n) is 16.4. The van der Waals surface area contributed by atoms with E-state index in [1.807, 2.05) is 17.5 Å². The molecule has 2 heterocycles. The van der Waals surface area contributed by atoms with Crippen LogP contribution in [0.3, 0.4) is 0 Å². The summed E-state index contributed by atoms with van der Waals surface area (Å²) in [5.74, 6) is -0.506. The SMILES string of the molecule is CC(C)[C@H](NC(=O)[C@@H](N)CCCN=C(N)N)C(=O)OCCOc1ccc(-c2c(C#N)c(N)nc(SCc3csc(-c4ccc(Cl)cc4)n3)c2C#N)cc1. The fourth-order valence-corrected chi connectivity index (χ4v) is 6.89. The van der Waals surface area contributed by atoms with Crippen molar-refractivity contribution < 1.29 is 19.1 Å². The van der Waals surface area contributed by atoms with Gasteiger partial charge >= 0.3 is 5.97 Å². The number of ether oxygens (including phenoxy) is 2. The number of benzene rings is 2. The number of guanidine groups is 1. The third-order valence-electron chi connectivity index (χ3n) is 7.68. The molecule has 2 atom stereocenters. The molecular formula is C36H39ClN10O4S2. The molecule has 4 rings (SSSR count). The van der Waals surface area contributed by atoms with Crippen molar-refractivity contribution in [3.8, 4) is 39.6 Å². The number of carbonyl (C=O) groups excluding carboxylic acids is 2. The summed E-state index contributed by atoms with van der Waals surface area (Å²) in [6.45, 7) is 3.84. The van der Waals surface area contributed by atoms with Crippen molar-refractivity contribution in [1.29, 1.82) is 10.5 Å².